The topological polar surface area (TPSA) is 92.8 Å². The van der Waals surface area contributed by atoms with Gasteiger partial charge < -0.3 is 14.6 Å². The maximum Gasteiger partial charge on any atom is 0.235 e. The van der Waals surface area contributed by atoms with Crippen molar-refractivity contribution in [2.75, 3.05) is 11.1 Å². The Labute approximate surface area is 179 Å². The maximum absolute atomic E-state index is 13.2. The second kappa shape index (κ2) is 9.73. The summed E-state index contributed by atoms with van der Waals surface area (Å²) in [7, 11) is 0. The van der Waals surface area contributed by atoms with E-state index in [2.05, 4.69) is 15.5 Å². The fourth-order valence-corrected chi connectivity index (χ4v) is 4.10. The Morgan fingerprint density at radius 1 is 1.45 bits per heavy atom. The number of carbonyl (C=O) groups excluding carboxylic acids is 1. The molecule has 1 amide bonds. The number of nitriles is 1. The number of nitrogens with zero attached hydrogens (tertiary/aromatic N) is 4. The zero-order valence-corrected chi connectivity index (χ0v) is 17.6. The predicted octanol–water partition coefficient (Wildman–Crippen LogP) is 4.33. The first-order valence-corrected chi connectivity index (χ1v) is 10.7. The Bertz CT molecular complexity index is 1060. The number of hydrogen-bond acceptors (Lipinski definition) is 7. The van der Waals surface area contributed by atoms with E-state index in [1.807, 2.05) is 17.6 Å². The molecule has 7 nitrogen and oxygen atoms in total. The lowest BCUT2D eigenvalue weighted by Crippen LogP contribution is -2.14. The van der Waals surface area contributed by atoms with Crippen molar-refractivity contribution in [1.29, 1.82) is 5.26 Å². The van der Waals surface area contributed by atoms with Gasteiger partial charge in [-0.2, -0.15) is 5.26 Å². The number of thiophene rings is 1. The van der Waals surface area contributed by atoms with Gasteiger partial charge in [0.25, 0.3) is 0 Å². The molecule has 1 aromatic carbocycles. The third-order valence-electron chi connectivity index (χ3n) is 3.74. The summed E-state index contributed by atoms with van der Waals surface area (Å²) in [6.07, 6.45) is 0. The zero-order chi connectivity index (χ0) is 20.8. The van der Waals surface area contributed by atoms with E-state index in [0.29, 0.717) is 33.8 Å². The lowest BCUT2D eigenvalue weighted by Gasteiger charge is -2.09. The summed E-state index contributed by atoms with van der Waals surface area (Å²) in [5.74, 6) is 0.353. The molecule has 0 radical (unpaired) electrons. The summed E-state index contributed by atoms with van der Waals surface area (Å²) in [4.78, 5) is 12.2. The Balaban J connectivity index is 1.59. The van der Waals surface area contributed by atoms with Crippen molar-refractivity contribution in [3.63, 3.8) is 0 Å². The van der Waals surface area contributed by atoms with Crippen LogP contribution in [0, 0.1) is 17.1 Å². The van der Waals surface area contributed by atoms with Gasteiger partial charge in [0, 0.05) is 12.6 Å². The lowest BCUT2D eigenvalue weighted by atomic mass is 10.3. The molecule has 2 aromatic heterocycles. The summed E-state index contributed by atoms with van der Waals surface area (Å²) < 4.78 is 20.7. The molecule has 0 spiro atoms. The standard InChI is InChI=1S/C18H15ClFN5O2S2/c1-2-25-15(9-27-12-3-4-14(20)13(19)7-12)23-24-18(25)29-10-16(26)22-17-11(8-21)5-6-28-17/h3-7H,2,9-10H2,1H3,(H,22,26). The van der Waals surface area contributed by atoms with Gasteiger partial charge in [-0.25, -0.2) is 4.39 Å². The molecule has 0 aliphatic carbocycles. The van der Waals surface area contributed by atoms with E-state index in [0.717, 1.165) is 0 Å². The van der Waals surface area contributed by atoms with Crippen molar-refractivity contribution in [1.82, 2.24) is 14.8 Å². The molecule has 0 saturated carbocycles. The molecule has 150 valence electrons. The number of thioether (sulfide) groups is 1. The Morgan fingerprint density at radius 3 is 3.00 bits per heavy atom. The number of carbonyl (C=O) groups is 1. The first-order chi connectivity index (χ1) is 14.0. The van der Waals surface area contributed by atoms with Crippen LogP contribution in [0.4, 0.5) is 9.39 Å². The average Bonchev–Trinajstić information content (AvgIpc) is 3.33. The third-order valence-corrected chi connectivity index (χ3v) is 5.83. The molecule has 3 aromatic rings. The van der Waals surface area contributed by atoms with Crippen LogP contribution in [0.5, 0.6) is 5.75 Å². The Morgan fingerprint density at radius 2 is 2.28 bits per heavy atom. The molecule has 3 rings (SSSR count). The minimum Gasteiger partial charge on any atom is -0.486 e. The minimum atomic E-state index is -0.517. The van der Waals surface area contributed by atoms with Crippen molar-refractivity contribution in [2.45, 2.75) is 25.2 Å². The molecule has 0 aliphatic heterocycles. The van der Waals surface area contributed by atoms with Crippen LogP contribution < -0.4 is 10.1 Å². The van der Waals surface area contributed by atoms with Gasteiger partial charge in [-0.05, 0) is 30.5 Å². The first-order valence-electron chi connectivity index (χ1n) is 8.42. The van der Waals surface area contributed by atoms with E-state index in [1.54, 1.807) is 11.4 Å². The maximum atomic E-state index is 13.2. The molecule has 0 unspecified atom stereocenters. The highest BCUT2D eigenvalue weighted by atomic mass is 35.5. The molecule has 0 fully saturated rings. The first kappa shape index (κ1) is 21.1. The average molecular weight is 452 g/mol. The summed E-state index contributed by atoms with van der Waals surface area (Å²) in [5, 5.41) is 22.8. The fraction of sp³-hybridized carbons (Fsp3) is 0.222. The quantitative estimate of drug-likeness (QED) is 0.512. The number of hydrogen-bond donors (Lipinski definition) is 1. The summed E-state index contributed by atoms with van der Waals surface area (Å²) in [6, 6.07) is 7.79. The largest absolute Gasteiger partial charge is 0.486 e. The van der Waals surface area contributed by atoms with Gasteiger partial charge in [0.15, 0.2) is 11.0 Å². The second-order valence-electron chi connectivity index (χ2n) is 5.62. The number of ether oxygens (including phenoxy) is 1. The molecule has 11 heteroatoms. The third kappa shape index (κ3) is 5.26. The van der Waals surface area contributed by atoms with Gasteiger partial charge in [-0.15, -0.1) is 21.5 Å². The number of aromatic nitrogens is 3. The lowest BCUT2D eigenvalue weighted by molar-refractivity contribution is -0.113. The molecular weight excluding hydrogens is 437 g/mol. The predicted molar refractivity (Wildman–Crippen MR) is 110 cm³/mol. The van der Waals surface area contributed by atoms with Gasteiger partial charge >= 0.3 is 0 Å². The monoisotopic (exact) mass is 451 g/mol. The van der Waals surface area contributed by atoms with Crippen molar-refractivity contribution in [2.24, 2.45) is 0 Å². The number of rotatable bonds is 8. The van der Waals surface area contributed by atoms with Crippen LogP contribution in [0.25, 0.3) is 0 Å². The number of benzene rings is 1. The van der Waals surface area contributed by atoms with Gasteiger partial charge in [0.05, 0.1) is 16.3 Å². The van der Waals surface area contributed by atoms with Gasteiger partial charge in [0.1, 0.15) is 29.2 Å². The van der Waals surface area contributed by atoms with Crippen molar-refractivity contribution in [3.05, 3.63) is 51.9 Å². The Kier molecular flexibility index (Phi) is 7.09. The second-order valence-corrected chi connectivity index (χ2v) is 7.89. The van der Waals surface area contributed by atoms with E-state index in [4.69, 9.17) is 21.6 Å². The summed E-state index contributed by atoms with van der Waals surface area (Å²) in [6.45, 7) is 2.64. The Hall–Kier alpha value is -2.61. The van der Waals surface area contributed by atoms with Crippen LogP contribution in [0.3, 0.4) is 0 Å². The van der Waals surface area contributed by atoms with Crippen LogP contribution in [0.2, 0.25) is 5.02 Å². The van der Waals surface area contributed by atoms with Crippen LogP contribution in [-0.4, -0.2) is 26.4 Å². The molecule has 0 saturated heterocycles. The molecule has 2 heterocycles. The molecule has 0 aliphatic rings. The number of anilines is 1. The van der Waals surface area contributed by atoms with E-state index < -0.39 is 5.82 Å². The zero-order valence-electron chi connectivity index (χ0n) is 15.2. The molecule has 0 bridgehead atoms. The highest BCUT2D eigenvalue weighted by Gasteiger charge is 2.15. The molecule has 1 N–H and O–H groups in total. The SMILES string of the molecule is CCn1c(COc2ccc(F)c(Cl)c2)nnc1SCC(=O)Nc1sccc1C#N. The van der Waals surface area contributed by atoms with Crippen LogP contribution in [-0.2, 0) is 17.9 Å². The highest BCUT2D eigenvalue weighted by molar-refractivity contribution is 7.99. The molecule has 0 atom stereocenters. The van der Waals surface area contributed by atoms with Gasteiger partial charge in [-0.3, -0.25) is 4.79 Å². The van der Waals surface area contributed by atoms with Crippen LogP contribution >= 0.6 is 34.7 Å². The van der Waals surface area contributed by atoms with E-state index in [1.165, 1.54) is 41.3 Å². The smallest absolute Gasteiger partial charge is 0.235 e. The molecular formula is C18H15ClFN5O2S2. The van der Waals surface area contributed by atoms with E-state index >= 15 is 0 Å². The van der Waals surface area contributed by atoms with Crippen molar-refractivity contribution in [3.8, 4) is 11.8 Å². The van der Waals surface area contributed by atoms with Crippen LogP contribution in [0.15, 0.2) is 34.8 Å². The van der Waals surface area contributed by atoms with E-state index in [9.17, 15) is 9.18 Å². The summed E-state index contributed by atoms with van der Waals surface area (Å²) >= 11 is 8.28. The number of amides is 1. The normalized spacial score (nSPS) is 10.6. The van der Waals surface area contributed by atoms with Crippen LogP contribution in [0.1, 0.15) is 18.3 Å². The van der Waals surface area contributed by atoms with Crippen molar-refractivity contribution < 1.29 is 13.9 Å². The number of nitrogens with one attached hydrogen (secondary N) is 1. The van der Waals surface area contributed by atoms with E-state index in [-0.39, 0.29) is 23.3 Å². The van der Waals surface area contributed by atoms with Gasteiger partial charge in [0.2, 0.25) is 5.91 Å². The highest BCUT2D eigenvalue weighted by Crippen LogP contribution is 2.24. The van der Waals surface area contributed by atoms with Gasteiger partial charge in [-0.1, -0.05) is 23.4 Å². The number of halogens is 2. The minimum absolute atomic E-state index is 0.0213. The fourth-order valence-electron chi connectivity index (χ4n) is 2.35. The molecule has 29 heavy (non-hydrogen) atoms. The summed E-state index contributed by atoms with van der Waals surface area (Å²) in [5.41, 5.74) is 0.436. The van der Waals surface area contributed by atoms with Crippen molar-refractivity contribution >= 4 is 45.6 Å².